The van der Waals surface area contributed by atoms with Crippen LogP contribution in [0.3, 0.4) is 0 Å². The molecule has 0 radical (unpaired) electrons. The number of nitrogen functional groups attached to an aromatic ring is 1. The minimum atomic E-state index is -1.52. The minimum absolute atomic E-state index is 0.0147. The average Bonchev–Trinajstić information content (AvgIpc) is 3.14. The number of ether oxygens (including phenoxy) is 1. The van der Waals surface area contributed by atoms with Gasteiger partial charge in [0, 0.05) is 17.6 Å². The van der Waals surface area contributed by atoms with Gasteiger partial charge in [-0.1, -0.05) is 0 Å². The maximum absolute atomic E-state index is 13.0. The Labute approximate surface area is 186 Å². The van der Waals surface area contributed by atoms with Crippen LogP contribution in [0.2, 0.25) is 0 Å². The van der Waals surface area contributed by atoms with Crippen LogP contribution in [0.5, 0.6) is 0 Å². The highest BCUT2D eigenvalue weighted by atomic mass is 32.1. The first kappa shape index (κ1) is 21.9. The van der Waals surface area contributed by atoms with Gasteiger partial charge in [0.05, 0.1) is 28.8 Å². The summed E-state index contributed by atoms with van der Waals surface area (Å²) in [6.07, 6.45) is -1.28. The van der Waals surface area contributed by atoms with Gasteiger partial charge in [-0.3, -0.25) is 19.9 Å². The molecule has 4 rings (SSSR count). The monoisotopic (exact) mass is 457 g/mol. The van der Waals surface area contributed by atoms with Crippen molar-refractivity contribution in [2.75, 3.05) is 25.4 Å². The first-order chi connectivity index (χ1) is 15.3. The number of anilines is 1. The summed E-state index contributed by atoms with van der Waals surface area (Å²) in [5, 5.41) is 23.1. The van der Waals surface area contributed by atoms with Gasteiger partial charge >= 0.3 is 0 Å². The van der Waals surface area contributed by atoms with Gasteiger partial charge in [-0.05, 0) is 43.6 Å². The molecule has 2 aromatic heterocycles. The van der Waals surface area contributed by atoms with Crippen LogP contribution in [0.4, 0.5) is 5.82 Å². The van der Waals surface area contributed by atoms with Crippen molar-refractivity contribution >= 4 is 50.1 Å². The van der Waals surface area contributed by atoms with Gasteiger partial charge in [0.25, 0.3) is 11.5 Å². The molecule has 2 atom stereocenters. The van der Waals surface area contributed by atoms with Crippen LogP contribution in [-0.4, -0.2) is 61.9 Å². The summed E-state index contributed by atoms with van der Waals surface area (Å²) >= 11 is 1.09. The molecule has 11 nitrogen and oxygen atoms in total. The molecule has 168 valence electrons. The van der Waals surface area contributed by atoms with Crippen LogP contribution in [0, 0.1) is 5.41 Å². The van der Waals surface area contributed by atoms with Crippen LogP contribution in [0.15, 0.2) is 28.7 Å². The summed E-state index contributed by atoms with van der Waals surface area (Å²) < 4.78 is 10.2. The lowest BCUT2D eigenvalue weighted by Crippen LogP contribution is -2.52. The number of nitrogens with one attached hydrogen (secondary N) is 3. The lowest BCUT2D eigenvalue weighted by atomic mass is 10.1. The van der Waals surface area contributed by atoms with Crippen molar-refractivity contribution < 1.29 is 14.6 Å². The van der Waals surface area contributed by atoms with Gasteiger partial charge in [0.15, 0.2) is 6.10 Å². The highest BCUT2D eigenvalue weighted by Gasteiger charge is 2.38. The number of H-pyrrole nitrogens is 1. The zero-order valence-corrected chi connectivity index (χ0v) is 18.3. The van der Waals surface area contributed by atoms with Gasteiger partial charge in [-0.25, -0.2) is 4.98 Å². The predicted molar refractivity (Wildman–Crippen MR) is 122 cm³/mol. The number of hydrogen-bond donors (Lipinski definition) is 5. The summed E-state index contributed by atoms with van der Waals surface area (Å²) in [5.74, 6) is -0.357. The van der Waals surface area contributed by atoms with Gasteiger partial charge in [0.1, 0.15) is 23.6 Å². The number of aliphatic hydroxyl groups is 1. The Hall–Kier alpha value is -3.35. The lowest BCUT2D eigenvalue weighted by Gasteiger charge is -2.33. The van der Waals surface area contributed by atoms with Crippen LogP contribution in [0.1, 0.15) is 25.8 Å². The van der Waals surface area contributed by atoms with E-state index in [4.69, 9.17) is 15.9 Å². The molecule has 0 aliphatic carbocycles. The zero-order valence-electron chi connectivity index (χ0n) is 17.5. The van der Waals surface area contributed by atoms with Crippen molar-refractivity contribution in [2.45, 2.75) is 26.1 Å². The Bertz CT molecular complexity index is 1300. The van der Waals surface area contributed by atoms with Crippen molar-refractivity contribution in [3.8, 4) is 0 Å². The molecule has 1 fully saturated rings. The van der Waals surface area contributed by atoms with E-state index in [1.165, 1.54) is 4.90 Å². The number of amidine groups is 1. The van der Waals surface area contributed by atoms with Crippen molar-refractivity contribution in [3.05, 3.63) is 40.1 Å². The molecule has 0 spiro atoms. The molecule has 1 aliphatic heterocycles. The number of aliphatic hydroxyl groups excluding tert-OH is 1. The van der Waals surface area contributed by atoms with E-state index in [-0.39, 0.29) is 24.8 Å². The number of benzene rings is 1. The standard InChI is InChI=1S/C20H23N7O4S/c1-3-23-9(2)8-12(21)27-6-7-31-15(20(27)30)14(28)18-24-11-5-4-10-16(32-26-17(10)22)13(11)19(29)25-18/h4-5,8,14-15,21,23,28H,3,6-7H2,1-2H3,(H2,22,26)(H,24,25,29)/b9-8-,21-12?. The first-order valence-corrected chi connectivity index (χ1v) is 10.8. The number of carbonyl (C=O) groups is 1. The van der Waals surface area contributed by atoms with Crippen LogP contribution in [0.25, 0.3) is 21.0 Å². The maximum atomic E-state index is 13.0. The molecule has 32 heavy (non-hydrogen) atoms. The highest BCUT2D eigenvalue weighted by Crippen LogP contribution is 2.30. The Morgan fingerprint density at radius 3 is 3.06 bits per heavy atom. The molecule has 12 heteroatoms. The summed E-state index contributed by atoms with van der Waals surface area (Å²) in [4.78, 5) is 33.9. The predicted octanol–water partition coefficient (Wildman–Crippen LogP) is 0.866. The zero-order chi connectivity index (χ0) is 23.0. The molecular weight excluding hydrogens is 434 g/mol. The third kappa shape index (κ3) is 3.83. The lowest BCUT2D eigenvalue weighted by molar-refractivity contribution is -0.157. The van der Waals surface area contributed by atoms with E-state index in [2.05, 4.69) is 19.7 Å². The quantitative estimate of drug-likeness (QED) is 0.277. The largest absolute Gasteiger partial charge is 0.389 e. The van der Waals surface area contributed by atoms with Crippen molar-refractivity contribution in [2.24, 2.45) is 0 Å². The number of amides is 1. The van der Waals surface area contributed by atoms with Crippen molar-refractivity contribution in [1.29, 1.82) is 5.41 Å². The van der Waals surface area contributed by atoms with E-state index in [0.717, 1.165) is 17.2 Å². The topological polar surface area (TPSA) is 170 Å². The normalized spacial score (nSPS) is 18.3. The number of hydrogen-bond acceptors (Lipinski definition) is 10. The third-order valence-electron chi connectivity index (χ3n) is 5.14. The molecule has 6 N–H and O–H groups in total. The fourth-order valence-electron chi connectivity index (χ4n) is 3.63. The van der Waals surface area contributed by atoms with E-state index >= 15 is 0 Å². The molecule has 2 unspecified atom stereocenters. The van der Waals surface area contributed by atoms with E-state index in [9.17, 15) is 14.7 Å². The second kappa shape index (κ2) is 8.65. The van der Waals surface area contributed by atoms with Gasteiger partial charge in [-0.15, -0.1) is 0 Å². The van der Waals surface area contributed by atoms with Gasteiger partial charge in [-0.2, -0.15) is 4.37 Å². The molecule has 0 saturated carbocycles. The summed E-state index contributed by atoms with van der Waals surface area (Å²) in [7, 11) is 0. The Balaban J connectivity index is 1.64. The molecule has 3 aromatic rings. The number of aromatic amines is 1. The SMILES string of the molecule is CCN/C(C)=C\C(=N)N1CCOC(C(O)c2nc3ccc4c(N)nsc4c3c(=O)[nH]2)C1=O. The minimum Gasteiger partial charge on any atom is -0.389 e. The van der Waals surface area contributed by atoms with E-state index in [0.29, 0.717) is 33.4 Å². The molecule has 1 amide bonds. The number of fused-ring (bicyclic) bond motifs is 3. The number of morpholine rings is 1. The summed E-state index contributed by atoms with van der Waals surface area (Å²) in [6.45, 7) is 4.73. The van der Waals surface area contributed by atoms with Crippen molar-refractivity contribution in [3.63, 3.8) is 0 Å². The summed E-state index contributed by atoms with van der Waals surface area (Å²) in [5.41, 5.74) is 6.44. The number of rotatable bonds is 5. The Kier molecular flexibility index (Phi) is 5.91. The second-order valence-electron chi connectivity index (χ2n) is 7.32. The number of allylic oxidation sites excluding steroid dienone is 1. The molecule has 1 aromatic carbocycles. The Morgan fingerprint density at radius 1 is 1.53 bits per heavy atom. The van der Waals surface area contributed by atoms with Gasteiger partial charge in [0.2, 0.25) is 0 Å². The molecule has 0 bridgehead atoms. The highest BCUT2D eigenvalue weighted by molar-refractivity contribution is 7.14. The molecule has 3 heterocycles. The fraction of sp³-hybridized carbons (Fsp3) is 0.350. The van der Waals surface area contributed by atoms with E-state index in [1.807, 2.05) is 6.92 Å². The van der Waals surface area contributed by atoms with Crippen LogP contribution >= 0.6 is 11.5 Å². The second-order valence-corrected chi connectivity index (χ2v) is 8.10. The number of nitrogens with zero attached hydrogens (tertiary/aromatic N) is 3. The molecule has 1 saturated heterocycles. The molecular formula is C20H23N7O4S. The maximum Gasteiger partial charge on any atom is 0.260 e. The third-order valence-corrected chi connectivity index (χ3v) is 6.04. The van der Waals surface area contributed by atoms with Gasteiger partial charge < -0.3 is 25.9 Å². The number of carbonyl (C=O) groups excluding carboxylic acids is 1. The number of nitrogens with two attached hydrogens (primary N) is 1. The van der Waals surface area contributed by atoms with Crippen LogP contribution < -0.4 is 16.6 Å². The van der Waals surface area contributed by atoms with E-state index in [1.54, 1.807) is 25.1 Å². The first-order valence-electron chi connectivity index (χ1n) is 10.0. The fourth-order valence-corrected chi connectivity index (χ4v) is 4.48. The number of aromatic nitrogens is 3. The summed E-state index contributed by atoms with van der Waals surface area (Å²) in [6, 6.07) is 3.33. The molecule has 1 aliphatic rings. The van der Waals surface area contributed by atoms with Crippen LogP contribution in [-0.2, 0) is 9.53 Å². The Morgan fingerprint density at radius 2 is 2.31 bits per heavy atom. The smallest absolute Gasteiger partial charge is 0.260 e. The average molecular weight is 458 g/mol. The van der Waals surface area contributed by atoms with E-state index < -0.39 is 23.7 Å². The van der Waals surface area contributed by atoms with Crippen molar-refractivity contribution in [1.82, 2.24) is 24.6 Å².